The molecule has 0 bridgehead atoms. The summed E-state index contributed by atoms with van der Waals surface area (Å²) in [4.78, 5) is 14.2. The van der Waals surface area contributed by atoms with Crippen molar-refractivity contribution in [2.24, 2.45) is 5.92 Å². The van der Waals surface area contributed by atoms with Crippen molar-refractivity contribution in [2.75, 3.05) is 0 Å². The van der Waals surface area contributed by atoms with Gasteiger partial charge in [-0.1, -0.05) is 38.1 Å². The summed E-state index contributed by atoms with van der Waals surface area (Å²) in [6.45, 7) is 10.3. The number of carbonyl (C=O) groups excluding carboxylic acids is 1. The van der Waals surface area contributed by atoms with Gasteiger partial charge in [-0.15, -0.1) is 0 Å². The van der Waals surface area contributed by atoms with E-state index < -0.39 is 11.7 Å². The third kappa shape index (κ3) is 3.80. The normalized spacial score (nSPS) is 21.7. The average molecular weight is 305 g/mol. The molecule has 0 aromatic heterocycles. The van der Waals surface area contributed by atoms with Gasteiger partial charge in [-0.25, -0.2) is 4.79 Å². The second-order valence-electron chi connectivity index (χ2n) is 7.45. The maximum atomic E-state index is 12.6. The summed E-state index contributed by atoms with van der Waals surface area (Å²) < 4.78 is 5.53. The Morgan fingerprint density at radius 2 is 2.00 bits per heavy atom. The number of rotatable bonds is 2. The van der Waals surface area contributed by atoms with E-state index in [1.54, 1.807) is 4.90 Å². The Morgan fingerprint density at radius 1 is 1.36 bits per heavy atom. The maximum absolute atomic E-state index is 12.6. The van der Waals surface area contributed by atoms with Crippen LogP contribution in [0.2, 0.25) is 0 Å². The standard InChI is InChI=1S/C18H27NO3/c1-12(2)10-15-16(20)14-9-7-6-8-13(14)11-19(15)17(21)22-18(3,4)5/h6-9,12,15-16,20H,10-11H2,1-5H3/t15-,16+/m1/s1. The molecule has 22 heavy (non-hydrogen) atoms. The van der Waals surface area contributed by atoms with Crippen LogP contribution in [-0.4, -0.2) is 27.7 Å². The zero-order chi connectivity index (χ0) is 16.5. The number of fused-ring (bicyclic) bond motifs is 1. The fourth-order valence-electron chi connectivity index (χ4n) is 2.90. The summed E-state index contributed by atoms with van der Waals surface area (Å²) in [6, 6.07) is 7.52. The second-order valence-corrected chi connectivity index (χ2v) is 7.45. The van der Waals surface area contributed by atoms with Crippen molar-refractivity contribution in [3.63, 3.8) is 0 Å². The predicted octanol–water partition coefficient (Wildman–Crippen LogP) is 3.89. The molecule has 4 heteroatoms. The zero-order valence-corrected chi connectivity index (χ0v) is 14.2. The van der Waals surface area contributed by atoms with Crippen LogP contribution < -0.4 is 0 Å². The van der Waals surface area contributed by atoms with Crippen molar-refractivity contribution in [3.05, 3.63) is 35.4 Å². The van der Waals surface area contributed by atoms with Crippen LogP contribution in [0.1, 0.15) is 58.3 Å². The summed E-state index contributed by atoms with van der Waals surface area (Å²) >= 11 is 0. The Bertz CT molecular complexity index is 533. The molecule has 0 saturated heterocycles. The van der Waals surface area contributed by atoms with Crippen molar-refractivity contribution in [1.29, 1.82) is 0 Å². The summed E-state index contributed by atoms with van der Waals surface area (Å²) in [5.74, 6) is 0.384. The lowest BCUT2D eigenvalue weighted by Crippen LogP contribution is -2.49. The minimum atomic E-state index is -0.667. The molecule has 2 rings (SSSR count). The number of amides is 1. The van der Waals surface area contributed by atoms with Gasteiger partial charge in [0.1, 0.15) is 5.60 Å². The third-order valence-electron chi connectivity index (χ3n) is 3.82. The van der Waals surface area contributed by atoms with E-state index in [-0.39, 0.29) is 12.1 Å². The second kappa shape index (κ2) is 6.29. The number of aliphatic hydroxyl groups is 1. The Hall–Kier alpha value is -1.55. The molecule has 1 aliphatic rings. The highest BCUT2D eigenvalue weighted by Crippen LogP contribution is 2.35. The Morgan fingerprint density at radius 3 is 2.59 bits per heavy atom. The van der Waals surface area contributed by atoms with Gasteiger partial charge in [-0.3, -0.25) is 4.90 Å². The van der Waals surface area contributed by atoms with E-state index in [1.807, 2.05) is 45.0 Å². The predicted molar refractivity (Wildman–Crippen MR) is 86.4 cm³/mol. The van der Waals surface area contributed by atoms with Gasteiger partial charge in [0, 0.05) is 6.54 Å². The van der Waals surface area contributed by atoms with Gasteiger partial charge in [0.05, 0.1) is 12.1 Å². The number of carbonyl (C=O) groups is 1. The van der Waals surface area contributed by atoms with E-state index >= 15 is 0 Å². The van der Waals surface area contributed by atoms with Crippen LogP contribution in [0.5, 0.6) is 0 Å². The monoisotopic (exact) mass is 305 g/mol. The lowest BCUT2D eigenvalue weighted by atomic mass is 9.87. The van der Waals surface area contributed by atoms with E-state index in [0.29, 0.717) is 12.5 Å². The fourth-order valence-corrected chi connectivity index (χ4v) is 2.90. The van der Waals surface area contributed by atoms with Crippen LogP contribution in [0.3, 0.4) is 0 Å². The van der Waals surface area contributed by atoms with Gasteiger partial charge >= 0.3 is 6.09 Å². The summed E-state index contributed by atoms with van der Waals surface area (Å²) in [7, 11) is 0. The number of nitrogens with zero attached hydrogens (tertiary/aromatic N) is 1. The quantitative estimate of drug-likeness (QED) is 0.902. The van der Waals surface area contributed by atoms with Gasteiger partial charge in [0.15, 0.2) is 0 Å². The molecule has 0 saturated carbocycles. The number of benzene rings is 1. The molecule has 0 unspecified atom stereocenters. The fraction of sp³-hybridized carbons (Fsp3) is 0.611. The molecular weight excluding hydrogens is 278 g/mol. The van der Waals surface area contributed by atoms with E-state index in [4.69, 9.17) is 4.74 Å². The smallest absolute Gasteiger partial charge is 0.410 e. The van der Waals surface area contributed by atoms with Crippen LogP contribution in [0.25, 0.3) is 0 Å². The summed E-state index contributed by atoms with van der Waals surface area (Å²) in [5.41, 5.74) is 1.37. The van der Waals surface area contributed by atoms with Crippen molar-refractivity contribution in [2.45, 2.75) is 65.3 Å². The summed E-state index contributed by atoms with van der Waals surface area (Å²) in [6.07, 6.45) is -0.277. The van der Waals surface area contributed by atoms with Gasteiger partial charge in [0.2, 0.25) is 0 Å². The van der Waals surface area contributed by atoms with E-state index in [9.17, 15) is 9.90 Å². The third-order valence-corrected chi connectivity index (χ3v) is 3.82. The highest BCUT2D eigenvalue weighted by Gasteiger charge is 2.38. The first-order valence-corrected chi connectivity index (χ1v) is 7.94. The number of aliphatic hydroxyl groups excluding tert-OH is 1. The van der Waals surface area contributed by atoms with E-state index in [1.165, 1.54) is 0 Å². The topological polar surface area (TPSA) is 49.8 Å². The average Bonchev–Trinajstić information content (AvgIpc) is 2.39. The number of ether oxygens (including phenoxy) is 1. The molecule has 1 N–H and O–H groups in total. The van der Waals surface area contributed by atoms with Crippen LogP contribution in [0.4, 0.5) is 4.79 Å². The first-order valence-electron chi connectivity index (χ1n) is 7.94. The molecular formula is C18H27NO3. The molecule has 2 atom stereocenters. The molecule has 1 aromatic carbocycles. The maximum Gasteiger partial charge on any atom is 0.410 e. The lowest BCUT2D eigenvalue weighted by molar-refractivity contribution is -0.0208. The Balaban J connectivity index is 2.31. The minimum absolute atomic E-state index is 0.246. The van der Waals surface area contributed by atoms with Crippen molar-refractivity contribution >= 4 is 6.09 Å². The SMILES string of the molecule is CC(C)C[C@@H]1[C@@H](O)c2ccccc2CN1C(=O)OC(C)(C)C. The van der Waals surface area contributed by atoms with Crippen LogP contribution in [0.15, 0.2) is 24.3 Å². The van der Waals surface area contributed by atoms with Crippen molar-refractivity contribution in [1.82, 2.24) is 4.90 Å². The molecule has 0 fully saturated rings. The van der Waals surface area contributed by atoms with E-state index in [0.717, 1.165) is 17.5 Å². The molecule has 1 aliphatic heterocycles. The van der Waals surface area contributed by atoms with Gasteiger partial charge in [-0.05, 0) is 44.2 Å². The minimum Gasteiger partial charge on any atom is -0.444 e. The highest BCUT2D eigenvalue weighted by atomic mass is 16.6. The molecule has 122 valence electrons. The van der Waals surface area contributed by atoms with Crippen LogP contribution in [-0.2, 0) is 11.3 Å². The largest absolute Gasteiger partial charge is 0.444 e. The lowest BCUT2D eigenvalue weighted by Gasteiger charge is -2.41. The van der Waals surface area contributed by atoms with Crippen LogP contribution in [0, 0.1) is 5.92 Å². The zero-order valence-electron chi connectivity index (χ0n) is 14.2. The first-order chi connectivity index (χ1) is 10.2. The number of hydrogen-bond acceptors (Lipinski definition) is 3. The van der Waals surface area contributed by atoms with E-state index in [2.05, 4.69) is 13.8 Å². The van der Waals surface area contributed by atoms with Gasteiger partial charge in [0.25, 0.3) is 0 Å². The number of hydrogen-bond donors (Lipinski definition) is 1. The molecule has 0 spiro atoms. The molecule has 0 radical (unpaired) electrons. The van der Waals surface area contributed by atoms with Crippen LogP contribution >= 0.6 is 0 Å². The van der Waals surface area contributed by atoms with Gasteiger partial charge in [-0.2, -0.15) is 0 Å². The Labute approximate surface area is 133 Å². The highest BCUT2D eigenvalue weighted by molar-refractivity contribution is 5.69. The summed E-state index contributed by atoms with van der Waals surface area (Å²) in [5, 5.41) is 10.7. The first kappa shape index (κ1) is 16.8. The van der Waals surface area contributed by atoms with Gasteiger partial charge < -0.3 is 9.84 Å². The molecule has 0 aliphatic carbocycles. The molecule has 4 nitrogen and oxygen atoms in total. The molecule has 1 aromatic rings. The Kier molecular flexibility index (Phi) is 4.81. The van der Waals surface area contributed by atoms with Crippen molar-refractivity contribution in [3.8, 4) is 0 Å². The molecule has 1 heterocycles. The molecule has 1 amide bonds. The van der Waals surface area contributed by atoms with Crippen molar-refractivity contribution < 1.29 is 14.6 Å².